The number of aliphatic hydroxyl groups is 1. The van der Waals surface area contributed by atoms with Crippen molar-refractivity contribution >= 4 is 0 Å². The number of methoxy groups -OCH3 is 1. The molecule has 1 aromatic rings. The van der Waals surface area contributed by atoms with Gasteiger partial charge in [-0.05, 0) is 42.5 Å². The molecular weight excluding hydrogens is 238 g/mol. The van der Waals surface area contributed by atoms with E-state index in [-0.39, 0.29) is 0 Å². The highest BCUT2D eigenvalue weighted by atomic mass is 16.5. The number of aliphatic hydroxyl groups excluding tert-OH is 1. The average Bonchev–Trinajstić information content (AvgIpc) is 2.43. The van der Waals surface area contributed by atoms with Gasteiger partial charge in [0.05, 0.1) is 13.2 Å². The van der Waals surface area contributed by atoms with E-state index in [4.69, 9.17) is 4.74 Å². The first-order chi connectivity index (χ1) is 9.10. The normalized spacial score (nSPS) is 26.1. The Kier molecular flexibility index (Phi) is 4.83. The summed E-state index contributed by atoms with van der Waals surface area (Å²) in [5.74, 6) is 2.31. The van der Waals surface area contributed by atoms with Gasteiger partial charge in [-0.3, -0.25) is 0 Å². The monoisotopic (exact) mass is 263 g/mol. The van der Waals surface area contributed by atoms with E-state index in [2.05, 4.69) is 18.7 Å². The van der Waals surface area contributed by atoms with Crippen molar-refractivity contribution in [3.05, 3.63) is 29.8 Å². The van der Waals surface area contributed by atoms with Crippen molar-refractivity contribution in [2.24, 2.45) is 11.8 Å². The maximum Gasteiger partial charge on any atom is 0.119 e. The fraction of sp³-hybridized carbons (Fsp3) is 0.625. The van der Waals surface area contributed by atoms with Crippen LogP contribution < -0.4 is 4.74 Å². The molecule has 0 radical (unpaired) electrons. The summed E-state index contributed by atoms with van der Waals surface area (Å²) in [6.45, 7) is 7.51. The third-order valence-electron chi connectivity index (χ3n) is 4.33. The van der Waals surface area contributed by atoms with Crippen LogP contribution >= 0.6 is 0 Å². The second-order valence-electron chi connectivity index (χ2n) is 5.80. The molecule has 1 aliphatic rings. The zero-order valence-corrected chi connectivity index (χ0v) is 12.2. The lowest BCUT2D eigenvalue weighted by atomic mass is 9.88. The van der Waals surface area contributed by atoms with Crippen molar-refractivity contribution in [2.45, 2.75) is 26.4 Å². The molecule has 0 aliphatic carbocycles. The average molecular weight is 263 g/mol. The summed E-state index contributed by atoms with van der Waals surface area (Å²) in [7, 11) is 1.65. The molecule has 3 heteroatoms. The third kappa shape index (κ3) is 3.71. The van der Waals surface area contributed by atoms with E-state index in [0.717, 1.165) is 30.3 Å². The van der Waals surface area contributed by atoms with Crippen molar-refractivity contribution in [3.63, 3.8) is 0 Å². The fourth-order valence-electron chi connectivity index (χ4n) is 2.71. The summed E-state index contributed by atoms with van der Waals surface area (Å²) in [5, 5.41) is 10.3. The predicted octanol–water partition coefficient (Wildman–Crippen LogP) is 2.71. The minimum absolute atomic E-state index is 0.435. The van der Waals surface area contributed by atoms with E-state index < -0.39 is 6.10 Å². The van der Waals surface area contributed by atoms with Gasteiger partial charge in [-0.15, -0.1) is 0 Å². The number of benzene rings is 1. The van der Waals surface area contributed by atoms with Gasteiger partial charge in [0.25, 0.3) is 0 Å². The van der Waals surface area contributed by atoms with Gasteiger partial charge < -0.3 is 14.7 Å². The molecule has 106 valence electrons. The number of piperidine rings is 1. The van der Waals surface area contributed by atoms with Gasteiger partial charge in [0.15, 0.2) is 0 Å². The van der Waals surface area contributed by atoms with E-state index in [1.165, 1.54) is 6.42 Å². The summed E-state index contributed by atoms with van der Waals surface area (Å²) in [6.07, 6.45) is 0.794. The molecule has 1 aliphatic heterocycles. The largest absolute Gasteiger partial charge is 0.497 e. The quantitative estimate of drug-likeness (QED) is 0.906. The lowest BCUT2D eigenvalue weighted by Gasteiger charge is -2.36. The molecule has 1 fully saturated rings. The van der Waals surface area contributed by atoms with Crippen molar-refractivity contribution < 1.29 is 9.84 Å². The topological polar surface area (TPSA) is 32.7 Å². The highest BCUT2D eigenvalue weighted by molar-refractivity contribution is 5.29. The summed E-state index contributed by atoms with van der Waals surface area (Å²) >= 11 is 0. The summed E-state index contributed by atoms with van der Waals surface area (Å²) in [5.41, 5.74) is 0.936. The van der Waals surface area contributed by atoms with Crippen LogP contribution in [0, 0.1) is 11.8 Å². The van der Waals surface area contributed by atoms with E-state index in [0.29, 0.717) is 12.5 Å². The van der Waals surface area contributed by atoms with Crippen LogP contribution in [0.25, 0.3) is 0 Å². The first-order valence-electron chi connectivity index (χ1n) is 7.14. The van der Waals surface area contributed by atoms with Crippen LogP contribution in [-0.2, 0) is 0 Å². The number of β-amino-alcohol motifs (C(OH)–C–C–N with tert-alkyl or cyclic N) is 1. The standard InChI is InChI=1S/C16H25NO2/c1-12-7-8-17(10-13(12)2)11-16(18)14-5-4-6-15(9-14)19-3/h4-6,9,12-13,16,18H,7-8,10-11H2,1-3H3. The third-order valence-corrected chi connectivity index (χ3v) is 4.33. The van der Waals surface area contributed by atoms with Gasteiger partial charge in [-0.2, -0.15) is 0 Å². The maximum absolute atomic E-state index is 10.3. The molecule has 0 aromatic heterocycles. The number of likely N-dealkylation sites (tertiary alicyclic amines) is 1. The fourth-order valence-corrected chi connectivity index (χ4v) is 2.71. The van der Waals surface area contributed by atoms with Gasteiger partial charge in [0.1, 0.15) is 5.75 Å². The number of rotatable bonds is 4. The Balaban J connectivity index is 1.95. The minimum Gasteiger partial charge on any atom is -0.497 e. The smallest absolute Gasteiger partial charge is 0.119 e. The Hall–Kier alpha value is -1.06. The molecule has 0 spiro atoms. The van der Waals surface area contributed by atoms with Crippen molar-refractivity contribution in [1.82, 2.24) is 4.90 Å². The van der Waals surface area contributed by atoms with Crippen LogP contribution in [0.2, 0.25) is 0 Å². The molecule has 0 bridgehead atoms. The van der Waals surface area contributed by atoms with E-state index >= 15 is 0 Å². The molecule has 1 N–H and O–H groups in total. The molecule has 3 unspecified atom stereocenters. The Bertz CT molecular complexity index is 407. The highest BCUT2D eigenvalue weighted by Crippen LogP contribution is 2.25. The van der Waals surface area contributed by atoms with Crippen LogP contribution in [0.4, 0.5) is 0 Å². The van der Waals surface area contributed by atoms with E-state index in [9.17, 15) is 5.11 Å². The Morgan fingerprint density at radius 2 is 2.16 bits per heavy atom. The first kappa shape index (κ1) is 14.4. The molecule has 19 heavy (non-hydrogen) atoms. The predicted molar refractivity (Wildman–Crippen MR) is 77.3 cm³/mol. The number of nitrogens with zero attached hydrogens (tertiary/aromatic N) is 1. The molecule has 2 rings (SSSR count). The molecular formula is C16H25NO2. The van der Waals surface area contributed by atoms with Gasteiger partial charge in [0.2, 0.25) is 0 Å². The van der Waals surface area contributed by atoms with Crippen molar-refractivity contribution in [1.29, 1.82) is 0 Å². The molecule has 1 saturated heterocycles. The number of hydrogen-bond acceptors (Lipinski definition) is 3. The summed E-state index contributed by atoms with van der Waals surface area (Å²) in [6, 6.07) is 7.71. The molecule has 1 aromatic carbocycles. The van der Waals surface area contributed by atoms with Crippen LogP contribution in [0.1, 0.15) is 31.9 Å². The van der Waals surface area contributed by atoms with Crippen LogP contribution in [0.5, 0.6) is 5.75 Å². The van der Waals surface area contributed by atoms with Gasteiger partial charge >= 0.3 is 0 Å². The molecule has 1 heterocycles. The Morgan fingerprint density at radius 3 is 2.84 bits per heavy atom. The van der Waals surface area contributed by atoms with E-state index in [1.54, 1.807) is 7.11 Å². The molecule has 3 nitrogen and oxygen atoms in total. The van der Waals surface area contributed by atoms with Crippen LogP contribution in [0.15, 0.2) is 24.3 Å². The zero-order chi connectivity index (χ0) is 13.8. The minimum atomic E-state index is -0.435. The highest BCUT2D eigenvalue weighted by Gasteiger charge is 2.24. The second-order valence-corrected chi connectivity index (χ2v) is 5.80. The SMILES string of the molecule is COc1cccc(C(O)CN2CCC(C)C(C)C2)c1. The zero-order valence-electron chi connectivity index (χ0n) is 12.2. The summed E-state index contributed by atoms with van der Waals surface area (Å²) in [4.78, 5) is 2.37. The lowest BCUT2D eigenvalue weighted by Crippen LogP contribution is -2.40. The number of ether oxygens (including phenoxy) is 1. The van der Waals surface area contributed by atoms with Gasteiger partial charge in [-0.1, -0.05) is 26.0 Å². The molecule has 0 amide bonds. The molecule has 0 saturated carbocycles. The lowest BCUT2D eigenvalue weighted by molar-refractivity contribution is 0.0704. The van der Waals surface area contributed by atoms with Crippen LogP contribution in [-0.4, -0.2) is 36.8 Å². The van der Waals surface area contributed by atoms with Gasteiger partial charge in [0, 0.05) is 13.1 Å². The molecule has 3 atom stereocenters. The van der Waals surface area contributed by atoms with E-state index in [1.807, 2.05) is 24.3 Å². The number of hydrogen-bond donors (Lipinski definition) is 1. The first-order valence-corrected chi connectivity index (χ1v) is 7.14. The van der Waals surface area contributed by atoms with Crippen LogP contribution in [0.3, 0.4) is 0 Å². The summed E-state index contributed by atoms with van der Waals surface area (Å²) < 4.78 is 5.20. The maximum atomic E-state index is 10.3. The second kappa shape index (κ2) is 6.40. The van der Waals surface area contributed by atoms with Crippen molar-refractivity contribution in [3.8, 4) is 5.75 Å². The van der Waals surface area contributed by atoms with Crippen molar-refractivity contribution in [2.75, 3.05) is 26.7 Å². The van der Waals surface area contributed by atoms with Gasteiger partial charge in [-0.25, -0.2) is 0 Å². The Labute approximate surface area is 116 Å². The Morgan fingerprint density at radius 1 is 1.37 bits per heavy atom.